The highest BCUT2D eigenvalue weighted by molar-refractivity contribution is 7.07. The molecule has 2 aromatic heterocycles. The zero-order valence-corrected chi connectivity index (χ0v) is 10.9. The van der Waals surface area contributed by atoms with E-state index in [-0.39, 0.29) is 6.04 Å². The van der Waals surface area contributed by atoms with Crippen LogP contribution in [0, 0.1) is 0 Å². The van der Waals surface area contributed by atoms with Crippen LogP contribution in [0.4, 0.5) is 0 Å². The summed E-state index contributed by atoms with van der Waals surface area (Å²) in [5, 5.41) is 19.5. The lowest BCUT2D eigenvalue weighted by molar-refractivity contribution is 0.504. The van der Waals surface area contributed by atoms with Gasteiger partial charge >= 0.3 is 0 Å². The van der Waals surface area contributed by atoms with Crippen molar-refractivity contribution in [3.63, 3.8) is 0 Å². The summed E-state index contributed by atoms with van der Waals surface area (Å²) in [5.74, 6) is 0.893. The van der Waals surface area contributed by atoms with Crippen LogP contribution in [0.1, 0.15) is 37.7 Å². The fourth-order valence-corrected chi connectivity index (χ4v) is 2.30. The zero-order valence-electron chi connectivity index (χ0n) is 10.1. The lowest BCUT2D eigenvalue weighted by atomic mass is 10.3. The third-order valence-corrected chi connectivity index (χ3v) is 3.29. The van der Waals surface area contributed by atoms with E-state index < -0.39 is 0 Å². The first-order valence-corrected chi connectivity index (χ1v) is 6.76. The number of nitrogens with one attached hydrogen (secondary N) is 1. The number of hydrogen-bond acceptors (Lipinski definition) is 5. The summed E-state index contributed by atoms with van der Waals surface area (Å²) < 4.78 is 1.86. The maximum atomic E-state index is 4.09. The van der Waals surface area contributed by atoms with E-state index in [9.17, 15) is 0 Å². The molecule has 6 heteroatoms. The fourth-order valence-electron chi connectivity index (χ4n) is 1.64. The summed E-state index contributed by atoms with van der Waals surface area (Å²) in [6, 6.07) is 2.28. The summed E-state index contributed by atoms with van der Waals surface area (Å²) >= 11 is 1.69. The maximum Gasteiger partial charge on any atom is 0.168 e. The van der Waals surface area contributed by atoms with Crippen LogP contribution < -0.4 is 5.32 Å². The number of thiophene rings is 1. The van der Waals surface area contributed by atoms with Crippen molar-refractivity contribution in [1.82, 2.24) is 25.5 Å². The first kappa shape index (κ1) is 12.2. The molecule has 0 aliphatic carbocycles. The molecule has 1 atom stereocenters. The molecule has 2 heterocycles. The first-order valence-electron chi connectivity index (χ1n) is 5.81. The Balaban J connectivity index is 2.06. The summed E-state index contributed by atoms with van der Waals surface area (Å²) in [4.78, 5) is 0. The van der Waals surface area contributed by atoms with Crippen molar-refractivity contribution in [1.29, 1.82) is 0 Å². The number of aromatic nitrogens is 4. The molecule has 0 radical (unpaired) electrons. The molecule has 0 saturated heterocycles. The Labute approximate surface area is 105 Å². The molecule has 2 rings (SSSR count). The largest absolute Gasteiger partial charge is 0.307 e. The fraction of sp³-hybridized carbons (Fsp3) is 0.545. The van der Waals surface area contributed by atoms with Crippen molar-refractivity contribution in [2.45, 2.75) is 32.9 Å². The van der Waals surface area contributed by atoms with Gasteiger partial charge in [-0.15, -0.1) is 5.10 Å². The predicted molar refractivity (Wildman–Crippen MR) is 67.9 cm³/mol. The lowest BCUT2D eigenvalue weighted by Crippen LogP contribution is -2.23. The highest BCUT2D eigenvalue weighted by Crippen LogP contribution is 2.12. The molecular weight excluding hydrogens is 234 g/mol. The summed E-state index contributed by atoms with van der Waals surface area (Å²) in [6.45, 7) is 5.95. The summed E-state index contributed by atoms with van der Waals surface area (Å²) in [5.41, 5.74) is 1.24. The molecule has 1 unspecified atom stereocenters. The van der Waals surface area contributed by atoms with Crippen LogP contribution in [0.2, 0.25) is 0 Å². The molecule has 5 nitrogen and oxygen atoms in total. The van der Waals surface area contributed by atoms with E-state index in [1.54, 1.807) is 11.3 Å². The molecule has 0 aliphatic heterocycles. The second kappa shape index (κ2) is 5.88. The smallest absolute Gasteiger partial charge is 0.168 e. The zero-order chi connectivity index (χ0) is 12.1. The van der Waals surface area contributed by atoms with E-state index in [1.807, 2.05) is 4.68 Å². The van der Waals surface area contributed by atoms with Gasteiger partial charge in [-0.25, -0.2) is 4.68 Å². The van der Waals surface area contributed by atoms with Gasteiger partial charge in [0, 0.05) is 0 Å². The van der Waals surface area contributed by atoms with Crippen LogP contribution >= 0.6 is 11.3 Å². The van der Waals surface area contributed by atoms with Crippen molar-refractivity contribution in [2.24, 2.45) is 0 Å². The Morgan fingerprint density at radius 2 is 2.41 bits per heavy atom. The van der Waals surface area contributed by atoms with Gasteiger partial charge in [0.25, 0.3) is 0 Å². The first-order chi connectivity index (χ1) is 8.31. The van der Waals surface area contributed by atoms with Crippen LogP contribution in [0.5, 0.6) is 0 Å². The normalized spacial score (nSPS) is 12.8. The predicted octanol–water partition coefficient (Wildman–Crippen LogP) is 1.84. The topological polar surface area (TPSA) is 55.6 Å². The van der Waals surface area contributed by atoms with Crippen LogP contribution in [0.25, 0.3) is 0 Å². The Kier molecular flexibility index (Phi) is 4.22. The minimum absolute atomic E-state index is 0.184. The second-order valence-corrected chi connectivity index (χ2v) is 4.78. The highest BCUT2D eigenvalue weighted by Gasteiger charge is 2.13. The van der Waals surface area contributed by atoms with Gasteiger partial charge in [0.05, 0.1) is 12.6 Å². The lowest BCUT2D eigenvalue weighted by Gasteiger charge is -2.12. The van der Waals surface area contributed by atoms with E-state index in [1.165, 1.54) is 5.56 Å². The van der Waals surface area contributed by atoms with E-state index in [2.05, 4.69) is 51.5 Å². The monoisotopic (exact) mass is 251 g/mol. The van der Waals surface area contributed by atoms with Crippen molar-refractivity contribution in [2.75, 3.05) is 6.54 Å². The number of tetrazole rings is 1. The van der Waals surface area contributed by atoms with Crippen LogP contribution in [-0.4, -0.2) is 26.8 Å². The quantitative estimate of drug-likeness (QED) is 0.851. The van der Waals surface area contributed by atoms with Gasteiger partial charge in [0.1, 0.15) is 0 Å². The van der Waals surface area contributed by atoms with E-state index in [4.69, 9.17) is 0 Å². The molecule has 2 aromatic rings. The van der Waals surface area contributed by atoms with Gasteiger partial charge in [-0.05, 0) is 52.7 Å². The number of rotatable bonds is 6. The van der Waals surface area contributed by atoms with Gasteiger partial charge in [-0.3, -0.25) is 0 Å². The molecule has 1 N–H and O–H groups in total. The van der Waals surface area contributed by atoms with Crippen LogP contribution in [0.15, 0.2) is 16.8 Å². The molecule has 0 bridgehead atoms. The third-order valence-electron chi connectivity index (χ3n) is 2.56. The summed E-state index contributed by atoms with van der Waals surface area (Å²) in [7, 11) is 0. The minimum atomic E-state index is 0.184. The van der Waals surface area contributed by atoms with Gasteiger partial charge in [-0.2, -0.15) is 11.3 Å². The van der Waals surface area contributed by atoms with Crippen molar-refractivity contribution >= 4 is 11.3 Å². The molecule has 0 aromatic carbocycles. The van der Waals surface area contributed by atoms with Gasteiger partial charge in [0.15, 0.2) is 5.82 Å². The Morgan fingerprint density at radius 1 is 1.53 bits per heavy atom. The highest BCUT2D eigenvalue weighted by atomic mass is 32.1. The molecule has 17 heavy (non-hydrogen) atoms. The van der Waals surface area contributed by atoms with Gasteiger partial charge in [0.2, 0.25) is 0 Å². The van der Waals surface area contributed by atoms with Crippen molar-refractivity contribution in [3.05, 3.63) is 28.2 Å². The second-order valence-electron chi connectivity index (χ2n) is 4.00. The van der Waals surface area contributed by atoms with Crippen molar-refractivity contribution < 1.29 is 0 Å². The van der Waals surface area contributed by atoms with Gasteiger partial charge in [-0.1, -0.05) is 6.92 Å². The Hall–Kier alpha value is -1.27. The number of hydrogen-bond donors (Lipinski definition) is 1. The average molecular weight is 251 g/mol. The Bertz CT molecular complexity index is 436. The Morgan fingerprint density at radius 3 is 3.12 bits per heavy atom. The molecule has 0 spiro atoms. The molecule has 0 amide bonds. The molecule has 0 aliphatic rings. The average Bonchev–Trinajstić information content (AvgIpc) is 2.97. The van der Waals surface area contributed by atoms with Gasteiger partial charge < -0.3 is 5.32 Å². The van der Waals surface area contributed by atoms with E-state index in [0.717, 1.165) is 25.3 Å². The number of nitrogens with zero attached hydrogens (tertiary/aromatic N) is 4. The molecule has 92 valence electrons. The molecule has 0 fully saturated rings. The summed E-state index contributed by atoms with van der Waals surface area (Å²) in [6.07, 6.45) is 1.11. The van der Waals surface area contributed by atoms with Crippen molar-refractivity contribution in [3.8, 4) is 0 Å². The standard InChI is InChI=1S/C11H17N5S/c1-3-5-12-9(2)11-13-14-15-16(11)7-10-4-6-17-8-10/h4,6,8-9,12H,3,5,7H2,1-2H3. The minimum Gasteiger partial charge on any atom is -0.307 e. The molecular formula is C11H17N5S. The SMILES string of the molecule is CCCNC(C)c1nnnn1Cc1ccsc1. The van der Waals surface area contributed by atoms with E-state index in [0.29, 0.717) is 0 Å². The van der Waals surface area contributed by atoms with Crippen LogP contribution in [-0.2, 0) is 6.54 Å². The van der Waals surface area contributed by atoms with Crippen LogP contribution in [0.3, 0.4) is 0 Å². The van der Waals surface area contributed by atoms with E-state index >= 15 is 0 Å². The maximum absolute atomic E-state index is 4.09. The third kappa shape index (κ3) is 3.10. The molecule has 0 saturated carbocycles.